The molecule has 0 radical (unpaired) electrons. The van der Waals surface area contributed by atoms with Crippen LogP contribution in [0.5, 0.6) is 0 Å². The highest BCUT2D eigenvalue weighted by atomic mass is 19.1. The predicted molar refractivity (Wildman–Crippen MR) is 93.6 cm³/mol. The van der Waals surface area contributed by atoms with Gasteiger partial charge in [-0.25, -0.2) is 9.18 Å². The van der Waals surface area contributed by atoms with Crippen LogP contribution in [0.2, 0.25) is 0 Å². The summed E-state index contributed by atoms with van der Waals surface area (Å²) in [6, 6.07) is 6.07. The molecule has 1 atom stereocenters. The van der Waals surface area contributed by atoms with Gasteiger partial charge in [-0.2, -0.15) is 0 Å². The Morgan fingerprint density at radius 2 is 2.04 bits per heavy atom. The van der Waals surface area contributed by atoms with Crippen LogP contribution in [-0.4, -0.2) is 32.4 Å². The van der Waals surface area contributed by atoms with Gasteiger partial charge in [0.15, 0.2) is 5.82 Å². The highest BCUT2D eigenvalue weighted by Crippen LogP contribution is 2.23. The standard InChI is InChI=1S/C18H24FN5O/c1-4-18(2,3)21-17(25)20-14-9-10-15-22-23-16(24(15)11-14)12-5-7-13(19)8-6-12/h5-8,14H,4,9-11H2,1-3H3,(H2,20,21,25). The van der Waals surface area contributed by atoms with Gasteiger partial charge in [-0.05, 0) is 51.0 Å². The summed E-state index contributed by atoms with van der Waals surface area (Å²) in [5.74, 6) is 1.32. The molecular weight excluding hydrogens is 321 g/mol. The van der Waals surface area contributed by atoms with Crippen LogP contribution in [0.15, 0.2) is 24.3 Å². The van der Waals surface area contributed by atoms with Gasteiger partial charge in [-0.15, -0.1) is 10.2 Å². The van der Waals surface area contributed by atoms with Crippen molar-refractivity contribution in [1.29, 1.82) is 0 Å². The molecule has 0 spiro atoms. The van der Waals surface area contributed by atoms with Gasteiger partial charge >= 0.3 is 6.03 Å². The maximum absolute atomic E-state index is 13.1. The number of urea groups is 1. The summed E-state index contributed by atoms with van der Waals surface area (Å²) in [5.41, 5.74) is 0.581. The number of fused-ring (bicyclic) bond motifs is 1. The van der Waals surface area contributed by atoms with Crippen molar-refractivity contribution < 1.29 is 9.18 Å². The van der Waals surface area contributed by atoms with E-state index in [0.717, 1.165) is 30.7 Å². The number of carbonyl (C=O) groups is 1. The Morgan fingerprint density at radius 3 is 2.72 bits per heavy atom. The minimum Gasteiger partial charge on any atom is -0.334 e. The zero-order valence-electron chi connectivity index (χ0n) is 14.8. The smallest absolute Gasteiger partial charge is 0.315 e. The quantitative estimate of drug-likeness (QED) is 0.895. The van der Waals surface area contributed by atoms with E-state index in [1.165, 1.54) is 12.1 Å². The lowest BCUT2D eigenvalue weighted by Gasteiger charge is -2.29. The lowest BCUT2D eigenvalue weighted by atomic mass is 10.0. The summed E-state index contributed by atoms with van der Waals surface area (Å²) in [6.07, 6.45) is 2.42. The molecule has 134 valence electrons. The molecule has 0 saturated heterocycles. The zero-order valence-corrected chi connectivity index (χ0v) is 14.8. The summed E-state index contributed by atoms with van der Waals surface area (Å²) in [6.45, 7) is 6.64. The van der Waals surface area contributed by atoms with E-state index in [1.54, 1.807) is 12.1 Å². The highest BCUT2D eigenvalue weighted by Gasteiger charge is 2.26. The van der Waals surface area contributed by atoms with E-state index in [2.05, 4.69) is 20.8 Å². The molecule has 0 fully saturated rings. The first-order valence-electron chi connectivity index (χ1n) is 8.64. The number of nitrogens with one attached hydrogen (secondary N) is 2. The number of benzene rings is 1. The lowest BCUT2D eigenvalue weighted by molar-refractivity contribution is 0.221. The molecule has 3 rings (SSSR count). The fourth-order valence-electron chi connectivity index (χ4n) is 2.87. The highest BCUT2D eigenvalue weighted by molar-refractivity contribution is 5.75. The van der Waals surface area contributed by atoms with Crippen LogP contribution in [0, 0.1) is 5.82 Å². The maximum Gasteiger partial charge on any atom is 0.315 e. The molecule has 7 heteroatoms. The average Bonchev–Trinajstić information content (AvgIpc) is 2.98. The van der Waals surface area contributed by atoms with Gasteiger partial charge in [0.05, 0.1) is 0 Å². The van der Waals surface area contributed by atoms with Crippen LogP contribution in [0.25, 0.3) is 11.4 Å². The van der Waals surface area contributed by atoms with Crippen molar-refractivity contribution in [3.8, 4) is 11.4 Å². The number of carbonyl (C=O) groups excluding carboxylic acids is 1. The second-order valence-corrected chi connectivity index (χ2v) is 7.13. The third kappa shape index (κ3) is 3.97. The third-order valence-electron chi connectivity index (χ3n) is 4.72. The van der Waals surface area contributed by atoms with Crippen LogP contribution >= 0.6 is 0 Å². The van der Waals surface area contributed by atoms with Crippen molar-refractivity contribution in [1.82, 2.24) is 25.4 Å². The molecule has 2 aromatic rings. The zero-order chi connectivity index (χ0) is 18.0. The van der Waals surface area contributed by atoms with E-state index in [4.69, 9.17) is 0 Å². The van der Waals surface area contributed by atoms with Gasteiger partial charge < -0.3 is 15.2 Å². The molecular formula is C18H24FN5O. The van der Waals surface area contributed by atoms with Crippen molar-refractivity contribution in [2.45, 2.75) is 58.2 Å². The molecule has 2 amide bonds. The van der Waals surface area contributed by atoms with Gasteiger partial charge in [-0.3, -0.25) is 0 Å². The first kappa shape index (κ1) is 17.4. The normalized spacial score (nSPS) is 17.0. The number of hydrogen-bond acceptors (Lipinski definition) is 3. The fourth-order valence-corrected chi connectivity index (χ4v) is 2.87. The Hall–Kier alpha value is -2.44. The maximum atomic E-state index is 13.1. The topological polar surface area (TPSA) is 71.8 Å². The van der Waals surface area contributed by atoms with Crippen molar-refractivity contribution in [2.24, 2.45) is 0 Å². The number of hydrogen-bond donors (Lipinski definition) is 2. The lowest BCUT2D eigenvalue weighted by Crippen LogP contribution is -2.52. The molecule has 2 N–H and O–H groups in total. The molecule has 25 heavy (non-hydrogen) atoms. The van der Waals surface area contributed by atoms with Crippen LogP contribution in [-0.2, 0) is 13.0 Å². The minimum absolute atomic E-state index is 0.00959. The fraction of sp³-hybridized carbons (Fsp3) is 0.500. The molecule has 0 saturated carbocycles. The summed E-state index contributed by atoms with van der Waals surface area (Å²) < 4.78 is 15.1. The molecule has 1 aliphatic heterocycles. The van der Waals surface area contributed by atoms with Crippen molar-refractivity contribution in [3.63, 3.8) is 0 Å². The Bertz CT molecular complexity index is 753. The Balaban J connectivity index is 1.72. The molecule has 0 aliphatic carbocycles. The molecule has 0 bridgehead atoms. The van der Waals surface area contributed by atoms with Crippen molar-refractivity contribution in [2.75, 3.05) is 0 Å². The van der Waals surface area contributed by atoms with E-state index in [0.29, 0.717) is 12.4 Å². The summed E-state index contributed by atoms with van der Waals surface area (Å²) in [4.78, 5) is 12.2. The van der Waals surface area contributed by atoms with E-state index in [-0.39, 0.29) is 23.4 Å². The van der Waals surface area contributed by atoms with E-state index in [1.807, 2.05) is 25.3 Å². The van der Waals surface area contributed by atoms with Gasteiger partial charge in [-0.1, -0.05) is 6.92 Å². The van der Waals surface area contributed by atoms with Crippen LogP contribution in [0.4, 0.5) is 9.18 Å². The largest absolute Gasteiger partial charge is 0.334 e. The van der Waals surface area contributed by atoms with Gasteiger partial charge in [0.25, 0.3) is 0 Å². The van der Waals surface area contributed by atoms with E-state index in [9.17, 15) is 9.18 Å². The monoisotopic (exact) mass is 345 g/mol. The number of amides is 2. The van der Waals surface area contributed by atoms with E-state index < -0.39 is 0 Å². The average molecular weight is 345 g/mol. The molecule has 1 aromatic carbocycles. The summed E-state index contributed by atoms with van der Waals surface area (Å²) in [5, 5.41) is 14.5. The van der Waals surface area contributed by atoms with Crippen LogP contribution < -0.4 is 10.6 Å². The van der Waals surface area contributed by atoms with Crippen LogP contribution in [0.1, 0.15) is 39.4 Å². The summed E-state index contributed by atoms with van der Waals surface area (Å²) >= 11 is 0. The summed E-state index contributed by atoms with van der Waals surface area (Å²) in [7, 11) is 0. The minimum atomic E-state index is -0.281. The Kier molecular flexibility index (Phi) is 4.74. The number of aryl methyl sites for hydroxylation is 1. The number of aromatic nitrogens is 3. The Morgan fingerprint density at radius 1 is 1.32 bits per heavy atom. The first-order chi connectivity index (χ1) is 11.9. The predicted octanol–water partition coefficient (Wildman–Crippen LogP) is 2.89. The van der Waals surface area contributed by atoms with Crippen LogP contribution in [0.3, 0.4) is 0 Å². The molecule has 1 aromatic heterocycles. The molecule has 1 unspecified atom stereocenters. The van der Waals surface area contributed by atoms with Gasteiger partial charge in [0.2, 0.25) is 0 Å². The second-order valence-electron chi connectivity index (χ2n) is 7.13. The molecule has 1 aliphatic rings. The van der Waals surface area contributed by atoms with Gasteiger partial charge in [0, 0.05) is 30.1 Å². The second kappa shape index (κ2) is 6.82. The SMILES string of the molecule is CCC(C)(C)NC(=O)NC1CCc2nnc(-c3ccc(F)cc3)n2C1. The van der Waals surface area contributed by atoms with E-state index >= 15 is 0 Å². The van der Waals surface area contributed by atoms with Gasteiger partial charge in [0.1, 0.15) is 11.6 Å². The molecule has 6 nitrogen and oxygen atoms in total. The molecule has 2 heterocycles. The van der Waals surface area contributed by atoms with Crippen molar-refractivity contribution in [3.05, 3.63) is 35.9 Å². The number of nitrogens with zero attached hydrogens (tertiary/aromatic N) is 3. The Labute approximate surface area is 146 Å². The number of rotatable bonds is 4. The first-order valence-corrected chi connectivity index (χ1v) is 8.64. The van der Waals surface area contributed by atoms with Crippen molar-refractivity contribution >= 4 is 6.03 Å². The third-order valence-corrected chi connectivity index (χ3v) is 4.72. The number of halogens is 1.